The molecule has 0 aromatic carbocycles. The van der Waals surface area contributed by atoms with E-state index in [1.165, 1.54) is 12.8 Å². The van der Waals surface area contributed by atoms with Gasteiger partial charge in [0.2, 0.25) is 0 Å². The molecule has 0 spiro atoms. The summed E-state index contributed by atoms with van der Waals surface area (Å²) in [6, 6.07) is 2.45. The molecule has 3 atom stereocenters. The van der Waals surface area contributed by atoms with Gasteiger partial charge in [-0.05, 0) is 37.7 Å². The summed E-state index contributed by atoms with van der Waals surface area (Å²) in [6.07, 6.45) is 8.24. The van der Waals surface area contributed by atoms with Crippen molar-refractivity contribution in [1.82, 2.24) is 9.97 Å². The van der Waals surface area contributed by atoms with Crippen LogP contribution in [0.2, 0.25) is 0 Å². The molecule has 1 fully saturated rings. The van der Waals surface area contributed by atoms with Crippen LogP contribution in [-0.4, -0.2) is 15.2 Å². The molecular formula is C14H19N3S. The van der Waals surface area contributed by atoms with Crippen molar-refractivity contribution in [2.45, 2.75) is 49.9 Å². The SMILES string of the molecule is CCC1CCC(C#N)C(Sc2ncc(C)cn2)C1. The number of hydrogen-bond acceptors (Lipinski definition) is 4. The fourth-order valence-corrected chi connectivity index (χ4v) is 3.67. The third kappa shape index (κ3) is 3.23. The first kappa shape index (κ1) is 13.4. The molecule has 1 aromatic rings. The Morgan fingerprint density at radius 2 is 2.11 bits per heavy atom. The number of aryl methyl sites for hydroxylation is 1. The number of nitriles is 1. The Morgan fingerprint density at radius 3 is 2.72 bits per heavy atom. The van der Waals surface area contributed by atoms with Gasteiger partial charge in [-0.2, -0.15) is 5.26 Å². The van der Waals surface area contributed by atoms with Crippen LogP contribution in [0.5, 0.6) is 0 Å². The molecule has 96 valence electrons. The fourth-order valence-electron chi connectivity index (χ4n) is 2.44. The van der Waals surface area contributed by atoms with Gasteiger partial charge in [0.1, 0.15) is 0 Å². The third-order valence-electron chi connectivity index (χ3n) is 3.66. The lowest BCUT2D eigenvalue weighted by Crippen LogP contribution is -2.26. The Hall–Kier alpha value is -1.08. The molecule has 0 amide bonds. The van der Waals surface area contributed by atoms with Gasteiger partial charge in [-0.1, -0.05) is 25.1 Å². The lowest BCUT2D eigenvalue weighted by atomic mass is 9.81. The van der Waals surface area contributed by atoms with Gasteiger partial charge in [0.15, 0.2) is 5.16 Å². The number of nitrogens with zero attached hydrogens (tertiary/aromatic N) is 3. The molecule has 0 radical (unpaired) electrons. The summed E-state index contributed by atoms with van der Waals surface area (Å²) < 4.78 is 0. The van der Waals surface area contributed by atoms with Crippen LogP contribution in [0.4, 0.5) is 0 Å². The van der Waals surface area contributed by atoms with Gasteiger partial charge in [-0.15, -0.1) is 0 Å². The third-order valence-corrected chi connectivity index (χ3v) is 4.90. The second-order valence-electron chi connectivity index (χ2n) is 5.02. The van der Waals surface area contributed by atoms with Crippen molar-refractivity contribution in [2.24, 2.45) is 11.8 Å². The van der Waals surface area contributed by atoms with Gasteiger partial charge in [0.05, 0.1) is 12.0 Å². The van der Waals surface area contributed by atoms with Crippen molar-refractivity contribution in [3.05, 3.63) is 18.0 Å². The number of thioether (sulfide) groups is 1. The minimum atomic E-state index is 0.155. The van der Waals surface area contributed by atoms with Crippen molar-refractivity contribution >= 4 is 11.8 Å². The van der Waals surface area contributed by atoms with Gasteiger partial charge in [0, 0.05) is 17.6 Å². The maximum absolute atomic E-state index is 9.24. The van der Waals surface area contributed by atoms with Crippen LogP contribution in [0.25, 0.3) is 0 Å². The number of rotatable bonds is 3. The summed E-state index contributed by atoms with van der Waals surface area (Å²) in [5.74, 6) is 0.917. The van der Waals surface area contributed by atoms with E-state index in [1.807, 2.05) is 19.3 Å². The summed E-state index contributed by atoms with van der Waals surface area (Å²) in [5.41, 5.74) is 1.08. The summed E-state index contributed by atoms with van der Waals surface area (Å²) in [4.78, 5) is 8.67. The summed E-state index contributed by atoms with van der Waals surface area (Å²) in [5, 5.41) is 10.4. The van der Waals surface area contributed by atoms with Crippen LogP contribution in [0.3, 0.4) is 0 Å². The predicted octanol–water partition coefficient (Wildman–Crippen LogP) is 3.60. The first-order valence-electron chi connectivity index (χ1n) is 6.57. The molecule has 3 nitrogen and oxygen atoms in total. The topological polar surface area (TPSA) is 49.6 Å². The maximum Gasteiger partial charge on any atom is 0.187 e. The van der Waals surface area contributed by atoms with E-state index in [0.29, 0.717) is 5.25 Å². The minimum Gasteiger partial charge on any atom is -0.231 e. The quantitative estimate of drug-likeness (QED) is 0.780. The Bertz CT molecular complexity index is 424. The first-order valence-corrected chi connectivity index (χ1v) is 7.45. The average Bonchev–Trinajstić information content (AvgIpc) is 2.41. The summed E-state index contributed by atoms with van der Waals surface area (Å²) in [6.45, 7) is 4.22. The molecule has 1 aromatic heterocycles. The predicted molar refractivity (Wildman–Crippen MR) is 73.1 cm³/mol. The van der Waals surface area contributed by atoms with Crippen LogP contribution in [0, 0.1) is 30.1 Å². The highest BCUT2D eigenvalue weighted by Crippen LogP contribution is 2.39. The number of hydrogen-bond donors (Lipinski definition) is 0. The molecule has 2 rings (SSSR count). The lowest BCUT2D eigenvalue weighted by Gasteiger charge is -2.31. The van der Waals surface area contributed by atoms with Gasteiger partial charge >= 0.3 is 0 Å². The molecule has 0 bridgehead atoms. The van der Waals surface area contributed by atoms with Crippen molar-refractivity contribution in [3.8, 4) is 6.07 Å². The molecule has 1 aliphatic carbocycles. The highest BCUT2D eigenvalue weighted by molar-refractivity contribution is 7.99. The Morgan fingerprint density at radius 1 is 1.39 bits per heavy atom. The molecule has 1 saturated carbocycles. The van der Waals surface area contributed by atoms with Crippen LogP contribution in [0.1, 0.15) is 38.2 Å². The second-order valence-corrected chi connectivity index (χ2v) is 6.23. The minimum absolute atomic E-state index is 0.155. The summed E-state index contributed by atoms with van der Waals surface area (Å²) in [7, 11) is 0. The highest BCUT2D eigenvalue weighted by atomic mass is 32.2. The zero-order valence-electron chi connectivity index (χ0n) is 11.0. The van der Waals surface area contributed by atoms with Crippen LogP contribution < -0.4 is 0 Å². The molecule has 3 unspecified atom stereocenters. The van der Waals surface area contributed by atoms with E-state index >= 15 is 0 Å². The average molecular weight is 261 g/mol. The van der Waals surface area contributed by atoms with Crippen molar-refractivity contribution in [2.75, 3.05) is 0 Å². The smallest absolute Gasteiger partial charge is 0.187 e. The molecule has 18 heavy (non-hydrogen) atoms. The molecule has 0 aliphatic heterocycles. The van der Waals surface area contributed by atoms with E-state index in [4.69, 9.17) is 0 Å². The first-order chi connectivity index (χ1) is 8.72. The Kier molecular flexibility index (Phi) is 4.60. The number of aromatic nitrogens is 2. The van der Waals surface area contributed by atoms with Gasteiger partial charge in [0.25, 0.3) is 0 Å². The van der Waals surface area contributed by atoms with E-state index in [-0.39, 0.29) is 5.92 Å². The fraction of sp³-hybridized carbons (Fsp3) is 0.643. The van der Waals surface area contributed by atoms with Gasteiger partial charge in [-0.25, -0.2) is 9.97 Å². The molecule has 1 heterocycles. The van der Waals surface area contributed by atoms with Crippen LogP contribution in [0.15, 0.2) is 17.6 Å². The van der Waals surface area contributed by atoms with E-state index in [9.17, 15) is 5.26 Å². The highest BCUT2D eigenvalue weighted by Gasteiger charge is 2.31. The molecular weight excluding hydrogens is 242 g/mol. The standard InChI is InChI=1S/C14H19N3S/c1-3-11-4-5-12(7-15)13(6-11)18-14-16-8-10(2)9-17-14/h8-9,11-13H,3-6H2,1-2H3. The Labute approximate surface area is 113 Å². The molecule has 0 saturated heterocycles. The summed E-state index contributed by atoms with van der Waals surface area (Å²) >= 11 is 1.68. The van der Waals surface area contributed by atoms with Crippen molar-refractivity contribution < 1.29 is 0 Å². The van der Waals surface area contributed by atoms with Gasteiger partial charge in [-0.3, -0.25) is 0 Å². The maximum atomic E-state index is 9.24. The van der Waals surface area contributed by atoms with Crippen LogP contribution in [-0.2, 0) is 0 Å². The van der Waals surface area contributed by atoms with E-state index < -0.39 is 0 Å². The van der Waals surface area contributed by atoms with E-state index in [2.05, 4.69) is 23.0 Å². The zero-order chi connectivity index (χ0) is 13.0. The second kappa shape index (κ2) is 6.19. The largest absolute Gasteiger partial charge is 0.231 e. The normalized spacial score (nSPS) is 27.7. The molecule has 1 aliphatic rings. The lowest BCUT2D eigenvalue weighted by molar-refractivity contribution is 0.317. The van der Waals surface area contributed by atoms with E-state index in [0.717, 1.165) is 29.5 Å². The Balaban J connectivity index is 2.05. The zero-order valence-corrected chi connectivity index (χ0v) is 11.8. The van der Waals surface area contributed by atoms with Crippen molar-refractivity contribution in [1.29, 1.82) is 5.26 Å². The van der Waals surface area contributed by atoms with E-state index in [1.54, 1.807) is 11.8 Å². The van der Waals surface area contributed by atoms with Gasteiger partial charge < -0.3 is 0 Å². The van der Waals surface area contributed by atoms with Crippen molar-refractivity contribution in [3.63, 3.8) is 0 Å². The molecule has 4 heteroatoms. The van der Waals surface area contributed by atoms with Crippen LogP contribution >= 0.6 is 11.8 Å². The molecule has 0 N–H and O–H groups in total. The monoisotopic (exact) mass is 261 g/mol.